The molecule has 0 bridgehead atoms. The zero-order valence-electron chi connectivity index (χ0n) is 15.4. The lowest BCUT2D eigenvalue weighted by atomic mass is 9.96. The second-order valence-electron chi connectivity index (χ2n) is 7.44. The molecular formula is C21H28N2O3. The second kappa shape index (κ2) is 8.49. The van der Waals surface area contributed by atoms with Crippen molar-refractivity contribution in [3.8, 4) is 0 Å². The molecule has 2 N–H and O–H groups in total. The van der Waals surface area contributed by atoms with Crippen molar-refractivity contribution in [3.05, 3.63) is 40.8 Å². The van der Waals surface area contributed by atoms with Gasteiger partial charge < -0.3 is 15.0 Å². The highest BCUT2D eigenvalue weighted by molar-refractivity contribution is 6.01. The van der Waals surface area contributed by atoms with E-state index in [1.165, 1.54) is 30.3 Å². The van der Waals surface area contributed by atoms with E-state index in [-0.39, 0.29) is 24.1 Å². The van der Waals surface area contributed by atoms with Crippen molar-refractivity contribution in [1.82, 2.24) is 4.57 Å². The summed E-state index contributed by atoms with van der Waals surface area (Å²) in [4.78, 5) is 25.2. The standard InChI is InChI=1S/C21H28N2O3/c1-15(14-24)23-12-11-17-18(21(23)26)9-6-10-19(17)22-20(25)13-16-7-4-2-3-5-8-16/h6,9-12,15-16,24H,2-5,7-8,13-14H2,1H3,(H,22,25)/t15-/m0/s1. The van der Waals surface area contributed by atoms with E-state index in [1.54, 1.807) is 25.3 Å². The number of rotatable bonds is 5. The summed E-state index contributed by atoms with van der Waals surface area (Å²) in [7, 11) is 0. The average Bonchev–Trinajstić information content (AvgIpc) is 2.90. The van der Waals surface area contributed by atoms with Crippen molar-refractivity contribution in [2.75, 3.05) is 11.9 Å². The molecule has 1 heterocycles. The Morgan fingerprint density at radius 1 is 1.19 bits per heavy atom. The van der Waals surface area contributed by atoms with Crippen LogP contribution in [0.15, 0.2) is 35.3 Å². The minimum atomic E-state index is -0.277. The molecule has 0 radical (unpaired) electrons. The van der Waals surface area contributed by atoms with E-state index >= 15 is 0 Å². The highest BCUT2D eigenvalue weighted by Gasteiger charge is 2.17. The number of carbonyl (C=O) groups excluding carboxylic acids is 1. The number of hydrogen-bond acceptors (Lipinski definition) is 3. The topological polar surface area (TPSA) is 71.3 Å². The number of carbonyl (C=O) groups is 1. The Morgan fingerprint density at radius 2 is 1.92 bits per heavy atom. The first-order valence-corrected chi connectivity index (χ1v) is 9.64. The van der Waals surface area contributed by atoms with Gasteiger partial charge in [-0.3, -0.25) is 9.59 Å². The fraction of sp³-hybridized carbons (Fsp3) is 0.524. The van der Waals surface area contributed by atoms with Gasteiger partial charge in [-0.1, -0.05) is 31.7 Å². The van der Waals surface area contributed by atoms with Gasteiger partial charge in [-0.15, -0.1) is 0 Å². The van der Waals surface area contributed by atoms with Gasteiger partial charge in [0.15, 0.2) is 0 Å². The van der Waals surface area contributed by atoms with Crippen molar-refractivity contribution in [1.29, 1.82) is 0 Å². The first kappa shape index (κ1) is 18.6. The van der Waals surface area contributed by atoms with E-state index in [0.717, 1.165) is 18.2 Å². The molecule has 2 aromatic rings. The summed E-state index contributed by atoms with van der Waals surface area (Å²) in [5, 5.41) is 13.6. The zero-order valence-corrected chi connectivity index (χ0v) is 15.4. The maximum atomic E-state index is 12.7. The van der Waals surface area contributed by atoms with Crippen LogP contribution in [0.2, 0.25) is 0 Å². The molecule has 1 atom stereocenters. The molecular weight excluding hydrogens is 328 g/mol. The van der Waals surface area contributed by atoms with Crippen LogP contribution in [-0.2, 0) is 4.79 Å². The van der Waals surface area contributed by atoms with Crippen molar-refractivity contribution >= 4 is 22.4 Å². The smallest absolute Gasteiger partial charge is 0.258 e. The fourth-order valence-electron chi connectivity index (χ4n) is 3.87. The quantitative estimate of drug-likeness (QED) is 0.799. The molecule has 0 saturated heterocycles. The largest absolute Gasteiger partial charge is 0.394 e. The minimum absolute atomic E-state index is 0.0253. The molecule has 0 aliphatic heterocycles. The lowest BCUT2D eigenvalue weighted by molar-refractivity contribution is -0.117. The molecule has 1 amide bonds. The minimum Gasteiger partial charge on any atom is -0.394 e. The van der Waals surface area contributed by atoms with Crippen LogP contribution in [0.3, 0.4) is 0 Å². The fourth-order valence-corrected chi connectivity index (χ4v) is 3.87. The van der Waals surface area contributed by atoms with E-state index in [4.69, 9.17) is 0 Å². The number of nitrogens with one attached hydrogen (secondary N) is 1. The van der Waals surface area contributed by atoms with Gasteiger partial charge in [0.05, 0.1) is 12.6 Å². The molecule has 1 saturated carbocycles. The first-order chi connectivity index (χ1) is 12.6. The Bertz CT molecular complexity index is 820. The van der Waals surface area contributed by atoms with Crippen LogP contribution in [0, 0.1) is 5.92 Å². The van der Waals surface area contributed by atoms with Gasteiger partial charge in [0.2, 0.25) is 5.91 Å². The molecule has 5 nitrogen and oxygen atoms in total. The molecule has 140 valence electrons. The van der Waals surface area contributed by atoms with E-state index in [1.807, 2.05) is 12.1 Å². The summed E-state index contributed by atoms with van der Waals surface area (Å²) in [6.45, 7) is 1.70. The predicted molar refractivity (Wildman–Crippen MR) is 104 cm³/mol. The Kier molecular flexibility index (Phi) is 6.09. The van der Waals surface area contributed by atoms with Crippen molar-refractivity contribution in [2.45, 2.75) is 57.9 Å². The van der Waals surface area contributed by atoms with Crippen LogP contribution in [0.5, 0.6) is 0 Å². The summed E-state index contributed by atoms with van der Waals surface area (Å²) >= 11 is 0. The maximum Gasteiger partial charge on any atom is 0.258 e. The Balaban J connectivity index is 1.80. The van der Waals surface area contributed by atoms with Crippen molar-refractivity contribution in [2.24, 2.45) is 5.92 Å². The van der Waals surface area contributed by atoms with Crippen LogP contribution in [-0.4, -0.2) is 22.2 Å². The van der Waals surface area contributed by atoms with Crippen LogP contribution in [0.4, 0.5) is 5.69 Å². The number of aliphatic hydroxyl groups excluding tert-OH is 1. The van der Waals surface area contributed by atoms with Gasteiger partial charge >= 0.3 is 0 Å². The van der Waals surface area contributed by atoms with Crippen LogP contribution < -0.4 is 10.9 Å². The molecule has 3 rings (SSSR count). The van der Waals surface area contributed by atoms with Crippen LogP contribution >= 0.6 is 0 Å². The highest BCUT2D eigenvalue weighted by atomic mass is 16.3. The van der Waals surface area contributed by atoms with Gasteiger partial charge in [0.1, 0.15) is 0 Å². The number of fused-ring (bicyclic) bond motifs is 1. The Labute approximate surface area is 154 Å². The van der Waals surface area contributed by atoms with Gasteiger partial charge in [-0.2, -0.15) is 0 Å². The second-order valence-corrected chi connectivity index (χ2v) is 7.44. The lowest BCUT2D eigenvalue weighted by Crippen LogP contribution is -2.25. The number of nitrogens with zero attached hydrogens (tertiary/aromatic N) is 1. The number of benzene rings is 1. The third-order valence-corrected chi connectivity index (χ3v) is 5.43. The molecule has 1 aromatic heterocycles. The normalized spacial score (nSPS) is 17.0. The van der Waals surface area contributed by atoms with Crippen LogP contribution in [0.1, 0.15) is 57.9 Å². The number of anilines is 1. The number of pyridine rings is 1. The molecule has 1 aliphatic carbocycles. The maximum absolute atomic E-state index is 12.7. The predicted octanol–water partition coefficient (Wildman–Crippen LogP) is 3.85. The number of hydrogen-bond donors (Lipinski definition) is 2. The Hall–Kier alpha value is -2.14. The van der Waals surface area contributed by atoms with Gasteiger partial charge in [0, 0.05) is 29.1 Å². The van der Waals surface area contributed by atoms with Gasteiger partial charge in [-0.25, -0.2) is 0 Å². The molecule has 5 heteroatoms. The average molecular weight is 356 g/mol. The molecule has 1 aliphatic rings. The van der Waals surface area contributed by atoms with Crippen LogP contribution in [0.25, 0.3) is 10.8 Å². The summed E-state index contributed by atoms with van der Waals surface area (Å²) in [5.41, 5.74) is 0.533. The van der Waals surface area contributed by atoms with Crippen molar-refractivity contribution < 1.29 is 9.90 Å². The zero-order chi connectivity index (χ0) is 18.5. The number of aromatic nitrogens is 1. The third kappa shape index (κ3) is 4.15. The molecule has 1 aromatic carbocycles. The SMILES string of the molecule is C[C@@H](CO)n1ccc2c(NC(=O)CC3CCCCCC3)cccc2c1=O. The van der Waals surface area contributed by atoms with E-state index < -0.39 is 0 Å². The van der Waals surface area contributed by atoms with E-state index in [9.17, 15) is 14.7 Å². The van der Waals surface area contributed by atoms with Gasteiger partial charge in [-0.05, 0) is 43.9 Å². The highest BCUT2D eigenvalue weighted by Crippen LogP contribution is 2.27. The monoisotopic (exact) mass is 356 g/mol. The number of amides is 1. The molecule has 1 fully saturated rings. The first-order valence-electron chi connectivity index (χ1n) is 9.64. The molecule has 0 spiro atoms. The summed E-state index contributed by atoms with van der Waals surface area (Å²) in [6.07, 6.45) is 9.49. The van der Waals surface area contributed by atoms with E-state index in [2.05, 4.69) is 5.32 Å². The summed E-state index contributed by atoms with van der Waals surface area (Å²) in [5.74, 6) is 0.493. The van der Waals surface area contributed by atoms with E-state index in [0.29, 0.717) is 23.4 Å². The summed E-state index contributed by atoms with van der Waals surface area (Å²) < 4.78 is 1.53. The lowest BCUT2D eigenvalue weighted by Gasteiger charge is -2.16. The molecule has 26 heavy (non-hydrogen) atoms. The Morgan fingerprint density at radius 3 is 2.62 bits per heavy atom. The summed E-state index contributed by atoms with van der Waals surface area (Å²) in [6, 6.07) is 6.95. The molecule has 0 unspecified atom stereocenters. The third-order valence-electron chi connectivity index (χ3n) is 5.43. The number of aliphatic hydroxyl groups is 1. The van der Waals surface area contributed by atoms with Crippen molar-refractivity contribution in [3.63, 3.8) is 0 Å². The van der Waals surface area contributed by atoms with Gasteiger partial charge in [0.25, 0.3) is 5.56 Å².